The number of hydrazone groups is 1. The Hall–Kier alpha value is -2.69. The van der Waals surface area contributed by atoms with Crippen LogP contribution in [-0.4, -0.2) is 12.1 Å². The van der Waals surface area contributed by atoms with Gasteiger partial charge < -0.3 is 5.73 Å². The lowest BCUT2D eigenvalue weighted by Crippen LogP contribution is -2.17. The third kappa shape index (κ3) is 3.64. The number of nitrogens with one attached hydrogen (secondary N) is 1. The molecule has 0 heterocycles. The number of nitrogens with two attached hydrogens (primary N) is 1. The molecule has 1 amide bonds. The van der Waals surface area contributed by atoms with Crippen molar-refractivity contribution in [3.63, 3.8) is 0 Å². The van der Waals surface area contributed by atoms with E-state index in [-0.39, 0.29) is 11.7 Å². The number of nitrogen functional groups attached to an aromatic ring is 1. The van der Waals surface area contributed by atoms with Gasteiger partial charge in [-0.1, -0.05) is 12.1 Å². The summed E-state index contributed by atoms with van der Waals surface area (Å²) in [4.78, 5) is 11.7. The Bertz CT molecular complexity index is 591. The molecule has 0 unspecified atom stereocenters. The van der Waals surface area contributed by atoms with Crippen molar-refractivity contribution >= 4 is 17.8 Å². The highest BCUT2D eigenvalue weighted by Gasteiger charge is 2.02. The molecule has 0 bridgehead atoms. The van der Waals surface area contributed by atoms with Crippen LogP contribution in [0.4, 0.5) is 10.1 Å². The monoisotopic (exact) mass is 257 g/mol. The average molecular weight is 257 g/mol. The first-order valence-electron chi connectivity index (χ1n) is 5.59. The van der Waals surface area contributed by atoms with Crippen molar-refractivity contribution in [2.45, 2.75) is 0 Å². The Labute approximate surface area is 109 Å². The predicted molar refractivity (Wildman–Crippen MR) is 72.3 cm³/mol. The number of amides is 1. The summed E-state index contributed by atoms with van der Waals surface area (Å²) in [6.45, 7) is 0. The van der Waals surface area contributed by atoms with Crippen LogP contribution >= 0.6 is 0 Å². The van der Waals surface area contributed by atoms with Gasteiger partial charge in [0.1, 0.15) is 5.82 Å². The Morgan fingerprint density at radius 1 is 1.11 bits per heavy atom. The van der Waals surface area contributed by atoms with E-state index in [0.717, 1.165) is 0 Å². The number of carbonyl (C=O) groups is 1. The molecule has 0 aliphatic rings. The number of carbonyl (C=O) groups excluding carboxylic acids is 1. The first kappa shape index (κ1) is 12.8. The van der Waals surface area contributed by atoms with Crippen LogP contribution in [0.1, 0.15) is 15.9 Å². The number of benzene rings is 2. The Balaban J connectivity index is 1.96. The summed E-state index contributed by atoms with van der Waals surface area (Å²) in [5, 5.41) is 3.79. The summed E-state index contributed by atoms with van der Waals surface area (Å²) >= 11 is 0. The first-order chi connectivity index (χ1) is 9.15. The summed E-state index contributed by atoms with van der Waals surface area (Å²) in [6.07, 6.45) is 1.44. The second kappa shape index (κ2) is 5.77. The zero-order chi connectivity index (χ0) is 13.7. The molecule has 0 aromatic heterocycles. The molecule has 0 atom stereocenters. The van der Waals surface area contributed by atoms with Gasteiger partial charge in [-0.05, 0) is 42.0 Å². The molecule has 2 aromatic carbocycles. The van der Waals surface area contributed by atoms with Gasteiger partial charge in [0, 0.05) is 11.3 Å². The fourth-order valence-corrected chi connectivity index (χ4v) is 1.41. The van der Waals surface area contributed by atoms with E-state index in [9.17, 15) is 9.18 Å². The van der Waals surface area contributed by atoms with Crippen molar-refractivity contribution < 1.29 is 9.18 Å². The van der Waals surface area contributed by atoms with Crippen LogP contribution in [-0.2, 0) is 0 Å². The van der Waals surface area contributed by atoms with E-state index in [4.69, 9.17) is 5.73 Å². The third-order valence-corrected chi connectivity index (χ3v) is 2.42. The van der Waals surface area contributed by atoms with Gasteiger partial charge in [-0.25, -0.2) is 9.82 Å². The molecule has 4 nitrogen and oxygen atoms in total. The quantitative estimate of drug-likeness (QED) is 0.502. The number of halogens is 1. The van der Waals surface area contributed by atoms with Gasteiger partial charge in [0.25, 0.3) is 5.91 Å². The van der Waals surface area contributed by atoms with E-state index >= 15 is 0 Å². The number of hydrogen-bond donors (Lipinski definition) is 2. The van der Waals surface area contributed by atoms with E-state index in [1.807, 2.05) is 0 Å². The first-order valence-corrected chi connectivity index (χ1v) is 5.59. The minimum Gasteiger partial charge on any atom is -0.399 e. The van der Waals surface area contributed by atoms with Gasteiger partial charge in [0.15, 0.2) is 0 Å². The van der Waals surface area contributed by atoms with Crippen molar-refractivity contribution in [2.24, 2.45) is 5.10 Å². The molecule has 0 saturated heterocycles. The Morgan fingerprint density at radius 2 is 1.74 bits per heavy atom. The van der Waals surface area contributed by atoms with Crippen molar-refractivity contribution in [3.05, 3.63) is 65.5 Å². The molecule has 0 fully saturated rings. The van der Waals surface area contributed by atoms with Crippen molar-refractivity contribution in [3.8, 4) is 0 Å². The largest absolute Gasteiger partial charge is 0.399 e. The lowest BCUT2D eigenvalue weighted by Gasteiger charge is -2.00. The van der Waals surface area contributed by atoms with Crippen molar-refractivity contribution in [1.82, 2.24) is 5.43 Å². The topological polar surface area (TPSA) is 67.5 Å². The molecular formula is C14H12FN3O. The molecular weight excluding hydrogens is 245 g/mol. The van der Waals surface area contributed by atoms with E-state index < -0.39 is 0 Å². The van der Waals surface area contributed by atoms with Gasteiger partial charge in [-0.2, -0.15) is 5.10 Å². The summed E-state index contributed by atoms with van der Waals surface area (Å²) in [7, 11) is 0. The van der Waals surface area contributed by atoms with E-state index in [0.29, 0.717) is 16.8 Å². The fourth-order valence-electron chi connectivity index (χ4n) is 1.41. The number of nitrogens with zero attached hydrogens (tertiary/aromatic N) is 1. The molecule has 2 aromatic rings. The maximum Gasteiger partial charge on any atom is 0.271 e. The summed E-state index contributed by atoms with van der Waals surface area (Å²) in [6, 6.07) is 12.3. The normalized spacial score (nSPS) is 10.6. The highest BCUT2D eigenvalue weighted by atomic mass is 19.1. The van der Waals surface area contributed by atoms with E-state index in [2.05, 4.69) is 10.5 Å². The number of rotatable bonds is 3. The lowest BCUT2D eigenvalue weighted by molar-refractivity contribution is 0.0955. The van der Waals surface area contributed by atoms with Crippen LogP contribution in [0.25, 0.3) is 0 Å². The lowest BCUT2D eigenvalue weighted by atomic mass is 10.2. The van der Waals surface area contributed by atoms with Crippen molar-refractivity contribution in [1.29, 1.82) is 0 Å². The molecule has 3 N–H and O–H groups in total. The van der Waals surface area contributed by atoms with Gasteiger partial charge in [-0.3, -0.25) is 4.79 Å². The number of anilines is 1. The highest BCUT2D eigenvalue weighted by molar-refractivity contribution is 5.95. The second-order valence-corrected chi connectivity index (χ2v) is 3.87. The maximum atomic E-state index is 12.7. The number of hydrogen-bond acceptors (Lipinski definition) is 3. The van der Waals surface area contributed by atoms with Crippen LogP contribution in [0, 0.1) is 5.82 Å². The average Bonchev–Trinajstić information content (AvgIpc) is 2.41. The zero-order valence-electron chi connectivity index (χ0n) is 10.0. The van der Waals surface area contributed by atoms with Gasteiger partial charge in [-0.15, -0.1) is 0 Å². The van der Waals surface area contributed by atoms with Crippen molar-refractivity contribution in [2.75, 3.05) is 5.73 Å². The summed E-state index contributed by atoms with van der Waals surface area (Å²) < 4.78 is 12.7. The minimum atomic E-state index is -0.335. The zero-order valence-corrected chi connectivity index (χ0v) is 10.0. The van der Waals surface area contributed by atoms with Gasteiger partial charge >= 0.3 is 0 Å². The predicted octanol–water partition coefficient (Wildman–Crippen LogP) is 2.17. The molecule has 0 saturated carbocycles. The van der Waals surface area contributed by atoms with Gasteiger partial charge in [0.05, 0.1) is 6.21 Å². The van der Waals surface area contributed by atoms with Crippen LogP contribution in [0.15, 0.2) is 53.6 Å². The molecule has 19 heavy (non-hydrogen) atoms. The Morgan fingerprint density at radius 3 is 2.37 bits per heavy atom. The molecule has 96 valence electrons. The third-order valence-electron chi connectivity index (χ3n) is 2.42. The Kier molecular flexibility index (Phi) is 3.87. The smallest absolute Gasteiger partial charge is 0.271 e. The summed E-state index contributed by atoms with van der Waals surface area (Å²) in [5.74, 6) is -0.651. The van der Waals surface area contributed by atoms with Crippen LogP contribution in [0.2, 0.25) is 0 Å². The molecule has 0 spiro atoms. The molecule has 2 rings (SSSR count). The maximum absolute atomic E-state index is 12.7. The van der Waals surface area contributed by atoms with Crippen LogP contribution < -0.4 is 11.2 Å². The van der Waals surface area contributed by atoms with Crippen LogP contribution in [0.3, 0.4) is 0 Å². The molecule has 5 heteroatoms. The van der Waals surface area contributed by atoms with Gasteiger partial charge in [0.2, 0.25) is 0 Å². The molecule has 0 radical (unpaired) electrons. The molecule has 0 aliphatic carbocycles. The van der Waals surface area contributed by atoms with Crippen LogP contribution in [0.5, 0.6) is 0 Å². The molecule has 0 aliphatic heterocycles. The fraction of sp³-hybridized carbons (Fsp3) is 0. The standard InChI is InChI=1S/C14H12FN3O/c15-12-5-1-10(2-6-12)9-17-18-14(19)11-3-7-13(16)8-4-11/h1-9H,16H2,(H,18,19). The van der Waals surface area contributed by atoms with E-state index in [1.54, 1.807) is 36.4 Å². The highest BCUT2D eigenvalue weighted by Crippen LogP contribution is 2.05. The minimum absolute atomic E-state index is 0.317. The van der Waals surface area contributed by atoms with E-state index in [1.165, 1.54) is 18.3 Å². The SMILES string of the molecule is Nc1ccc(C(=O)NN=Cc2ccc(F)cc2)cc1. The second-order valence-electron chi connectivity index (χ2n) is 3.87. The summed E-state index contributed by atoms with van der Waals surface area (Å²) in [5.41, 5.74) is 9.65.